The van der Waals surface area contributed by atoms with Crippen LogP contribution < -0.4 is 5.32 Å². The molecule has 0 aliphatic carbocycles. The van der Waals surface area contributed by atoms with Crippen LogP contribution in [0.1, 0.15) is 32.4 Å². The summed E-state index contributed by atoms with van der Waals surface area (Å²) in [7, 11) is 1.89. The van der Waals surface area contributed by atoms with E-state index in [2.05, 4.69) is 22.4 Å². The number of nitrogens with one attached hydrogen (secondary N) is 1. The van der Waals surface area contributed by atoms with Crippen LogP contribution in [0.2, 0.25) is 0 Å². The van der Waals surface area contributed by atoms with Crippen molar-refractivity contribution in [2.45, 2.75) is 44.8 Å². The van der Waals surface area contributed by atoms with Crippen LogP contribution in [-0.2, 0) is 11.8 Å². The van der Waals surface area contributed by atoms with Crippen molar-refractivity contribution in [3.05, 3.63) is 18.1 Å². The van der Waals surface area contributed by atoms with Crippen LogP contribution in [0.4, 0.5) is 0 Å². The molecule has 2 heterocycles. The van der Waals surface area contributed by atoms with Crippen LogP contribution in [0.5, 0.6) is 0 Å². The zero-order chi connectivity index (χ0) is 16.1. The number of carbonyl (C=O) groups is 1. The van der Waals surface area contributed by atoms with Crippen LogP contribution in [0, 0.1) is 6.92 Å². The van der Waals surface area contributed by atoms with E-state index in [0.29, 0.717) is 10.9 Å². The van der Waals surface area contributed by atoms with Crippen molar-refractivity contribution in [3.63, 3.8) is 0 Å². The minimum absolute atomic E-state index is 0.0231. The summed E-state index contributed by atoms with van der Waals surface area (Å²) in [6, 6.07) is 2.08. The van der Waals surface area contributed by atoms with Gasteiger partial charge in [-0.15, -0.1) is 10.2 Å². The van der Waals surface area contributed by atoms with Crippen LogP contribution in [0.3, 0.4) is 0 Å². The summed E-state index contributed by atoms with van der Waals surface area (Å²) in [6.07, 6.45) is 3.68. The Balaban J connectivity index is 1.96. The average molecular weight is 322 g/mol. The summed E-state index contributed by atoms with van der Waals surface area (Å²) in [5.74, 6) is 1.91. The van der Waals surface area contributed by atoms with Gasteiger partial charge in [-0.3, -0.25) is 4.79 Å². The summed E-state index contributed by atoms with van der Waals surface area (Å²) in [5, 5.41) is 12.0. The third-order valence-corrected chi connectivity index (χ3v) is 4.42. The Hall–Kier alpha value is -1.76. The van der Waals surface area contributed by atoms with Crippen molar-refractivity contribution in [1.29, 1.82) is 0 Å². The number of amides is 1. The summed E-state index contributed by atoms with van der Waals surface area (Å²) < 4.78 is 7.18. The van der Waals surface area contributed by atoms with Crippen molar-refractivity contribution in [2.75, 3.05) is 5.75 Å². The average Bonchev–Trinajstić information content (AvgIpc) is 3.03. The number of furan rings is 1. The van der Waals surface area contributed by atoms with E-state index in [1.165, 1.54) is 11.8 Å². The molecule has 0 fully saturated rings. The molecule has 2 aromatic rings. The number of rotatable bonds is 7. The van der Waals surface area contributed by atoms with Gasteiger partial charge in [0, 0.05) is 13.1 Å². The molecule has 120 valence electrons. The third kappa shape index (κ3) is 3.91. The van der Waals surface area contributed by atoms with E-state index in [1.54, 1.807) is 6.26 Å². The molecule has 0 radical (unpaired) electrons. The summed E-state index contributed by atoms with van der Waals surface area (Å²) in [5.41, 5.74) is 0.919. The van der Waals surface area contributed by atoms with Crippen molar-refractivity contribution in [2.24, 2.45) is 7.05 Å². The van der Waals surface area contributed by atoms with Gasteiger partial charge in [-0.25, -0.2) is 0 Å². The van der Waals surface area contributed by atoms with E-state index < -0.39 is 0 Å². The summed E-state index contributed by atoms with van der Waals surface area (Å²) in [4.78, 5) is 11.9. The number of aromatic nitrogens is 3. The Morgan fingerprint density at radius 3 is 2.91 bits per heavy atom. The SMILES string of the molecule is CCCC(C)NC(=O)CSc1nnc(-c2ccoc2C)n1C. The van der Waals surface area contributed by atoms with Gasteiger partial charge in [-0.2, -0.15) is 0 Å². The first-order chi connectivity index (χ1) is 10.5. The second-order valence-electron chi connectivity index (χ2n) is 5.30. The highest BCUT2D eigenvalue weighted by Crippen LogP contribution is 2.25. The van der Waals surface area contributed by atoms with Gasteiger partial charge in [0.25, 0.3) is 0 Å². The molecule has 6 nitrogen and oxygen atoms in total. The van der Waals surface area contributed by atoms with Gasteiger partial charge >= 0.3 is 0 Å². The molecule has 7 heteroatoms. The quantitative estimate of drug-likeness (QED) is 0.794. The molecular formula is C15H22N4O2S. The number of hydrogen-bond acceptors (Lipinski definition) is 5. The standard InChI is InChI=1S/C15H22N4O2S/c1-5-6-10(2)16-13(20)9-22-15-18-17-14(19(15)4)12-7-8-21-11(12)3/h7-8,10H,5-6,9H2,1-4H3,(H,16,20). The van der Waals surface area contributed by atoms with Gasteiger partial charge in [0.2, 0.25) is 5.91 Å². The normalized spacial score (nSPS) is 12.4. The Morgan fingerprint density at radius 2 is 2.27 bits per heavy atom. The first-order valence-corrected chi connectivity index (χ1v) is 8.37. The largest absolute Gasteiger partial charge is 0.469 e. The maximum atomic E-state index is 11.9. The fraction of sp³-hybridized carbons (Fsp3) is 0.533. The zero-order valence-electron chi connectivity index (χ0n) is 13.4. The Bertz CT molecular complexity index is 635. The van der Waals surface area contributed by atoms with Crippen molar-refractivity contribution >= 4 is 17.7 Å². The fourth-order valence-electron chi connectivity index (χ4n) is 2.24. The van der Waals surface area contributed by atoms with Crippen molar-refractivity contribution in [1.82, 2.24) is 20.1 Å². The Kier molecular flexibility index (Phi) is 5.65. The summed E-state index contributed by atoms with van der Waals surface area (Å²) >= 11 is 1.39. The summed E-state index contributed by atoms with van der Waals surface area (Å²) in [6.45, 7) is 6.02. The second-order valence-corrected chi connectivity index (χ2v) is 6.24. The Morgan fingerprint density at radius 1 is 1.50 bits per heavy atom. The van der Waals surface area contributed by atoms with E-state index in [4.69, 9.17) is 4.42 Å². The van der Waals surface area contributed by atoms with Gasteiger partial charge in [0.05, 0.1) is 17.6 Å². The van der Waals surface area contributed by atoms with Gasteiger partial charge in [-0.05, 0) is 26.3 Å². The maximum Gasteiger partial charge on any atom is 0.230 e. The molecule has 0 saturated heterocycles. The molecular weight excluding hydrogens is 300 g/mol. The molecule has 2 aromatic heterocycles. The third-order valence-electron chi connectivity index (χ3n) is 3.40. The lowest BCUT2D eigenvalue weighted by atomic mass is 10.2. The van der Waals surface area contributed by atoms with Gasteiger partial charge in [0.1, 0.15) is 5.76 Å². The van der Waals surface area contributed by atoms with Crippen LogP contribution in [0.25, 0.3) is 11.4 Å². The van der Waals surface area contributed by atoms with Gasteiger partial charge in [0.15, 0.2) is 11.0 Å². The molecule has 1 amide bonds. The van der Waals surface area contributed by atoms with E-state index in [9.17, 15) is 4.79 Å². The molecule has 1 unspecified atom stereocenters. The van der Waals surface area contributed by atoms with E-state index in [0.717, 1.165) is 30.0 Å². The van der Waals surface area contributed by atoms with Crippen molar-refractivity contribution < 1.29 is 9.21 Å². The predicted molar refractivity (Wildman–Crippen MR) is 86.7 cm³/mol. The molecule has 22 heavy (non-hydrogen) atoms. The lowest BCUT2D eigenvalue weighted by molar-refractivity contribution is -0.119. The highest BCUT2D eigenvalue weighted by molar-refractivity contribution is 7.99. The number of nitrogens with zero attached hydrogens (tertiary/aromatic N) is 3. The van der Waals surface area contributed by atoms with E-state index >= 15 is 0 Å². The number of hydrogen-bond donors (Lipinski definition) is 1. The lowest BCUT2D eigenvalue weighted by Gasteiger charge is -2.12. The highest BCUT2D eigenvalue weighted by Gasteiger charge is 2.16. The van der Waals surface area contributed by atoms with Crippen molar-refractivity contribution in [3.8, 4) is 11.4 Å². The number of carbonyl (C=O) groups excluding carboxylic acids is 1. The number of aryl methyl sites for hydroxylation is 1. The molecule has 2 rings (SSSR count). The maximum absolute atomic E-state index is 11.9. The molecule has 0 aliphatic heterocycles. The van der Waals surface area contributed by atoms with Gasteiger partial charge < -0.3 is 14.3 Å². The van der Waals surface area contributed by atoms with E-state index in [1.807, 2.05) is 31.5 Å². The molecule has 0 saturated carbocycles. The first-order valence-electron chi connectivity index (χ1n) is 7.39. The smallest absolute Gasteiger partial charge is 0.230 e. The minimum Gasteiger partial charge on any atom is -0.469 e. The fourth-order valence-corrected chi connectivity index (χ4v) is 2.97. The molecule has 1 N–H and O–H groups in total. The molecule has 0 aliphatic rings. The molecule has 0 bridgehead atoms. The molecule has 0 spiro atoms. The van der Waals surface area contributed by atoms with Crippen LogP contribution in [-0.4, -0.2) is 32.5 Å². The zero-order valence-corrected chi connectivity index (χ0v) is 14.2. The van der Waals surface area contributed by atoms with E-state index in [-0.39, 0.29) is 11.9 Å². The minimum atomic E-state index is 0.0231. The molecule has 0 aromatic carbocycles. The highest BCUT2D eigenvalue weighted by atomic mass is 32.2. The number of thioether (sulfide) groups is 1. The monoisotopic (exact) mass is 322 g/mol. The Labute approximate surface area is 134 Å². The first kappa shape index (κ1) is 16.6. The van der Waals surface area contributed by atoms with Crippen LogP contribution in [0.15, 0.2) is 21.9 Å². The topological polar surface area (TPSA) is 73.0 Å². The molecule has 1 atom stereocenters. The second kappa shape index (κ2) is 7.49. The van der Waals surface area contributed by atoms with Crippen LogP contribution >= 0.6 is 11.8 Å². The van der Waals surface area contributed by atoms with Gasteiger partial charge in [-0.1, -0.05) is 25.1 Å². The lowest BCUT2D eigenvalue weighted by Crippen LogP contribution is -2.33. The predicted octanol–water partition coefficient (Wildman–Crippen LogP) is 2.78.